The lowest BCUT2D eigenvalue weighted by Gasteiger charge is -2.35. The van der Waals surface area contributed by atoms with Crippen LogP contribution in [-0.2, 0) is 9.53 Å². The van der Waals surface area contributed by atoms with Gasteiger partial charge in [0.2, 0.25) is 0 Å². The van der Waals surface area contributed by atoms with E-state index in [1.807, 2.05) is 45.0 Å². The number of carbonyl (C=O) groups is 1. The normalized spacial score (nSPS) is 24.7. The molecule has 1 saturated heterocycles. The quantitative estimate of drug-likeness (QED) is 0.769. The van der Waals surface area contributed by atoms with Crippen molar-refractivity contribution in [3.63, 3.8) is 0 Å². The zero-order valence-electron chi connectivity index (χ0n) is 17.7. The highest BCUT2D eigenvalue weighted by molar-refractivity contribution is 6.03. The Bertz CT molecular complexity index is 934. The van der Waals surface area contributed by atoms with E-state index in [1.54, 1.807) is 18.2 Å². The average molecular weight is 410 g/mol. The summed E-state index contributed by atoms with van der Waals surface area (Å²) in [6.45, 7) is 7.69. The van der Waals surface area contributed by atoms with Crippen molar-refractivity contribution in [2.45, 2.75) is 45.4 Å². The Hall–Kier alpha value is -2.57. The second kappa shape index (κ2) is 8.66. The molecule has 0 saturated carbocycles. The standard InChI is InChI=1S/C24H28FN3O2/c1-16-8-10-19(11-9-16)22-12-23(20-6-4-5-7-21(20)25)28(26-22)24(29)15-27-13-17(2)30-18(3)14-27/h4-11,17-18,23H,12-15H2,1-3H3. The predicted octanol–water partition coefficient (Wildman–Crippen LogP) is 3.92. The Morgan fingerprint density at radius 3 is 2.43 bits per heavy atom. The number of hydrazone groups is 1. The van der Waals surface area contributed by atoms with Crippen LogP contribution in [0.2, 0.25) is 0 Å². The summed E-state index contributed by atoms with van der Waals surface area (Å²) in [5, 5.41) is 6.15. The Kier molecular flexibility index (Phi) is 5.97. The Balaban J connectivity index is 1.60. The SMILES string of the molecule is Cc1ccc(C2=NN(C(=O)CN3CC(C)OC(C)C3)C(c3ccccc3F)C2)cc1. The fourth-order valence-corrected chi connectivity index (χ4v) is 4.33. The third-order valence-electron chi connectivity index (χ3n) is 5.67. The van der Waals surface area contributed by atoms with Crippen LogP contribution >= 0.6 is 0 Å². The van der Waals surface area contributed by atoms with E-state index in [0.717, 1.165) is 16.8 Å². The average Bonchev–Trinajstić information content (AvgIpc) is 3.13. The van der Waals surface area contributed by atoms with E-state index < -0.39 is 6.04 Å². The van der Waals surface area contributed by atoms with E-state index in [4.69, 9.17) is 4.74 Å². The molecule has 2 aliphatic rings. The van der Waals surface area contributed by atoms with Gasteiger partial charge in [-0.1, -0.05) is 48.0 Å². The summed E-state index contributed by atoms with van der Waals surface area (Å²) in [5.74, 6) is -0.430. The first kappa shape index (κ1) is 20.7. The molecule has 2 aliphatic heterocycles. The molecule has 1 fully saturated rings. The third kappa shape index (κ3) is 4.45. The molecule has 6 heteroatoms. The van der Waals surface area contributed by atoms with E-state index in [1.165, 1.54) is 11.1 Å². The molecule has 158 valence electrons. The lowest BCUT2D eigenvalue weighted by atomic mass is 9.97. The molecule has 2 heterocycles. The third-order valence-corrected chi connectivity index (χ3v) is 5.67. The summed E-state index contributed by atoms with van der Waals surface area (Å²) in [4.78, 5) is 15.4. The Morgan fingerprint density at radius 2 is 1.77 bits per heavy atom. The van der Waals surface area contributed by atoms with Crippen LogP contribution in [0.15, 0.2) is 53.6 Å². The minimum atomic E-state index is -0.439. The second-order valence-corrected chi connectivity index (χ2v) is 8.34. The number of halogens is 1. The number of amides is 1. The van der Waals surface area contributed by atoms with E-state index in [-0.39, 0.29) is 30.5 Å². The van der Waals surface area contributed by atoms with Gasteiger partial charge in [-0.25, -0.2) is 9.40 Å². The van der Waals surface area contributed by atoms with Crippen LogP contribution in [-0.4, -0.2) is 53.4 Å². The number of morpholine rings is 1. The molecule has 2 aromatic rings. The molecule has 30 heavy (non-hydrogen) atoms. The van der Waals surface area contributed by atoms with Crippen molar-refractivity contribution in [2.24, 2.45) is 5.10 Å². The van der Waals surface area contributed by atoms with Gasteiger partial charge in [-0.3, -0.25) is 9.69 Å². The molecular weight excluding hydrogens is 381 g/mol. The van der Waals surface area contributed by atoms with Crippen LogP contribution in [0.4, 0.5) is 4.39 Å². The van der Waals surface area contributed by atoms with Gasteiger partial charge in [0, 0.05) is 25.1 Å². The largest absolute Gasteiger partial charge is 0.373 e. The summed E-state index contributed by atoms with van der Waals surface area (Å²) in [6, 6.07) is 14.3. The molecular formula is C24H28FN3O2. The number of hydrogen-bond acceptors (Lipinski definition) is 4. The first-order valence-electron chi connectivity index (χ1n) is 10.5. The number of hydrogen-bond donors (Lipinski definition) is 0. The monoisotopic (exact) mass is 409 g/mol. The Labute approximate surface area is 177 Å². The minimum Gasteiger partial charge on any atom is -0.373 e. The van der Waals surface area contributed by atoms with Gasteiger partial charge < -0.3 is 4.74 Å². The smallest absolute Gasteiger partial charge is 0.257 e. The van der Waals surface area contributed by atoms with Crippen LogP contribution in [0.3, 0.4) is 0 Å². The van der Waals surface area contributed by atoms with Crippen molar-refractivity contribution in [3.05, 3.63) is 71.0 Å². The molecule has 1 amide bonds. The molecule has 4 rings (SSSR count). The van der Waals surface area contributed by atoms with E-state index in [2.05, 4.69) is 10.0 Å². The van der Waals surface area contributed by atoms with E-state index in [9.17, 15) is 9.18 Å². The number of rotatable bonds is 4. The van der Waals surface area contributed by atoms with Gasteiger partial charge in [-0.15, -0.1) is 0 Å². The van der Waals surface area contributed by atoms with Gasteiger partial charge in [-0.2, -0.15) is 5.10 Å². The predicted molar refractivity (Wildman–Crippen MR) is 115 cm³/mol. The molecule has 0 aromatic heterocycles. The van der Waals surface area contributed by atoms with Gasteiger partial charge >= 0.3 is 0 Å². The van der Waals surface area contributed by atoms with Crippen LogP contribution in [0.1, 0.15) is 43.0 Å². The molecule has 0 aliphatic carbocycles. The fourth-order valence-electron chi connectivity index (χ4n) is 4.33. The maximum atomic E-state index is 14.6. The van der Waals surface area contributed by atoms with Crippen LogP contribution in [0.5, 0.6) is 0 Å². The summed E-state index contributed by atoms with van der Waals surface area (Å²) < 4.78 is 20.4. The number of ether oxygens (including phenoxy) is 1. The maximum absolute atomic E-state index is 14.6. The van der Waals surface area contributed by atoms with Gasteiger partial charge in [0.05, 0.1) is 30.5 Å². The highest BCUT2D eigenvalue weighted by atomic mass is 19.1. The molecule has 0 bridgehead atoms. The molecule has 0 N–H and O–H groups in total. The Morgan fingerprint density at radius 1 is 1.10 bits per heavy atom. The van der Waals surface area contributed by atoms with Crippen molar-refractivity contribution in [1.82, 2.24) is 9.91 Å². The summed E-state index contributed by atoms with van der Waals surface area (Å²) in [6.07, 6.45) is 0.647. The van der Waals surface area contributed by atoms with Crippen LogP contribution in [0.25, 0.3) is 0 Å². The van der Waals surface area contributed by atoms with Gasteiger partial charge in [0.15, 0.2) is 0 Å². The number of carbonyl (C=O) groups excluding carboxylic acids is 1. The van der Waals surface area contributed by atoms with Crippen molar-refractivity contribution in [3.8, 4) is 0 Å². The summed E-state index contributed by atoms with van der Waals surface area (Å²) in [5.41, 5.74) is 3.43. The van der Waals surface area contributed by atoms with E-state index >= 15 is 0 Å². The van der Waals surface area contributed by atoms with Crippen LogP contribution < -0.4 is 0 Å². The minimum absolute atomic E-state index is 0.0779. The topological polar surface area (TPSA) is 45.1 Å². The number of benzene rings is 2. The first-order chi connectivity index (χ1) is 14.4. The molecule has 0 spiro atoms. The van der Waals surface area contributed by atoms with Crippen molar-refractivity contribution < 1.29 is 13.9 Å². The molecule has 3 atom stereocenters. The van der Waals surface area contributed by atoms with Crippen molar-refractivity contribution in [2.75, 3.05) is 19.6 Å². The highest BCUT2D eigenvalue weighted by Gasteiger charge is 2.36. The van der Waals surface area contributed by atoms with Crippen molar-refractivity contribution >= 4 is 11.6 Å². The molecule has 5 nitrogen and oxygen atoms in total. The fraction of sp³-hybridized carbons (Fsp3) is 0.417. The molecule has 2 aromatic carbocycles. The molecule has 0 radical (unpaired) electrons. The lowest BCUT2D eigenvalue weighted by molar-refractivity contribution is -0.137. The maximum Gasteiger partial charge on any atom is 0.257 e. The van der Waals surface area contributed by atoms with Gasteiger partial charge in [0.1, 0.15) is 5.82 Å². The number of nitrogens with zero attached hydrogens (tertiary/aromatic N) is 3. The zero-order valence-corrected chi connectivity index (χ0v) is 17.7. The first-order valence-corrected chi connectivity index (χ1v) is 10.5. The second-order valence-electron chi connectivity index (χ2n) is 8.34. The number of aryl methyl sites for hydroxylation is 1. The summed E-state index contributed by atoms with van der Waals surface area (Å²) in [7, 11) is 0. The zero-order chi connectivity index (χ0) is 21.3. The van der Waals surface area contributed by atoms with E-state index in [0.29, 0.717) is 25.1 Å². The summed E-state index contributed by atoms with van der Waals surface area (Å²) >= 11 is 0. The molecule has 3 unspecified atom stereocenters. The van der Waals surface area contributed by atoms with Gasteiger partial charge in [0.25, 0.3) is 5.91 Å². The highest BCUT2D eigenvalue weighted by Crippen LogP contribution is 2.34. The lowest BCUT2D eigenvalue weighted by Crippen LogP contribution is -2.49. The van der Waals surface area contributed by atoms with Crippen LogP contribution in [0, 0.1) is 12.7 Å². The van der Waals surface area contributed by atoms with Gasteiger partial charge in [-0.05, 0) is 32.4 Å². The van der Waals surface area contributed by atoms with Crippen molar-refractivity contribution in [1.29, 1.82) is 0 Å².